The molecule has 1 rings (SSSR count). The van der Waals surface area contributed by atoms with E-state index in [2.05, 4.69) is 43.3 Å². The van der Waals surface area contributed by atoms with Crippen LogP contribution in [0.3, 0.4) is 0 Å². The molecule has 126 valence electrons. The fraction of sp³-hybridized carbons (Fsp3) is 0.812. The maximum atomic E-state index is 11.7. The van der Waals surface area contributed by atoms with Gasteiger partial charge in [-0.2, -0.15) is 0 Å². The van der Waals surface area contributed by atoms with Crippen LogP contribution in [0.4, 0.5) is 0 Å². The molecule has 6 heteroatoms. The van der Waals surface area contributed by atoms with Crippen molar-refractivity contribution in [3.05, 3.63) is 11.9 Å². The summed E-state index contributed by atoms with van der Waals surface area (Å²) in [7, 11) is 0. The van der Waals surface area contributed by atoms with Crippen molar-refractivity contribution in [1.29, 1.82) is 0 Å². The molecule has 1 aromatic heterocycles. The van der Waals surface area contributed by atoms with Crippen molar-refractivity contribution >= 4 is 5.91 Å². The molecule has 1 aromatic rings. The highest BCUT2D eigenvalue weighted by Gasteiger charge is 2.17. The maximum Gasteiger partial charge on any atom is 0.220 e. The average Bonchev–Trinajstić information content (AvgIpc) is 2.89. The Morgan fingerprint density at radius 1 is 1.45 bits per heavy atom. The molecule has 1 N–H and O–H groups in total. The zero-order valence-corrected chi connectivity index (χ0v) is 14.6. The van der Waals surface area contributed by atoms with E-state index in [1.54, 1.807) is 0 Å². The molecule has 1 amide bonds. The van der Waals surface area contributed by atoms with E-state index >= 15 is 0 Å². The number of rotatable bonds is 10. The van der Waals surface area contributed by atoms with Crippen LogP contribution >= 0.6 is 0 Å². The SMILES string of the molecule is CCOC(C)(C)CCn1cc(CCC(=O)NCC(C)C)nn1. The van der Waals surface area contributed by atoms with Crippen molar-refractivity contribution in [3.63, 3.8) is 0 Å². The van der Waals surface area contributed by atoms with E-state index in [4.69, 9.17) is 4.74 Å². The molecular weight excluding hydrogens is 280 g/mol. The number of nitrogens with zero attached hydrogens (tertiary/aromatic N) is 3. The summed E-state index contributed by atoms with van der Waals surface area (Å²) in [6.45, 7) is 12.5. The molecule has 0 aliphatic carbocycles. The number of hydrogen-bond acceptors (Lipinski definition) is 4. The predicted octanol–water partition coefficient (Wildman–Crippen LogP) is 2.19. The van der Waals surface area contributed by atoms with E-state index in [0.717, 1.165) is 25.2 Å². The monoisotopic (exact) mass is 310 g/mol. The van der Waals surface area contributed by atoms with Crippen molar-refractivity contribution in [2.24, 2.45) is 5.92 Å². The van der Waals surface area contributed by atoms with Crippen LogP contribution in [0.5, 0.6) is 0 Å². The molecular formula is C16H30N4O2. The van der Waals surface area contributed by atoms with Gasteiger partial charge in [0.25, 0.3) is 0 Å². The van der Waals surface area contributed by atoms with Gasteiger partial charge in [-0.3, -0.25) is 9.48 Å². The van der Waals surface area contributed by atoms with Gasteiger partial charge in [0.05, 0.1) is 11.3 Å². The zero-order chi connectivity index (χ0) is 16.6. The van der Waals surface area contributed by atoms with Crippen molar-refractivity contribution in [2.75, 3.05) is 13.2 Å². The van der Waals surface area contributed by atoms with E-state index in [9.17, 15) is 4.79 Å². The third kappa shape index (κ3) is 7.54. The van der Waals surface area contributed by atoms with Crippen LogP contribution in [-0.4, -0.2) is 39.7 Å². The second-order valence-electron chi connectivity index (χ2n) is 6.61. The van der Waals surface area contributed by atoms with E-state index in [1.165, 1.54) is 0 Å². The molecule has 0 aliphatic rings. The molecule has 0 saturated carbocycles. The largest absolute Gasteiger partial charge is 0.376 e. The fourth-order valence-electron chi connectivity index (χ4n) is 2.06. The highest BCUT2D eigenvalue weighted by molar-refractivity contribution is 5.76. The minimum absolute atomic E-state index is 0.0701. The highest BCUT2D eigenvalue weighted by atomic mass is 16.5. The lowest BCUT2D eigenvalue weighted by Crippen LogP contribution is -2.27. The first-order valence-corrected chi connectivity index (χ1v) is 8.12. The smallest absolute Gasteiger partial charge is 0.220 e. The zero-order valence-electron chi connectivity index (χ0n) is 14.6. The van der Waals surface area contributed by atoms with Gasteiger partial charge in [0, 0.05) is 38.7 Å². The van der Waals surface area contributed by atoms with Gasteiger partial charge < -0.3 is 10.1 Å². The van der Waals surface area contributed by atoms with Crippen molar-refractivity contribution in [2.45, 2.75) is 66.0 Å². The summed E-state index contributed by atoms with van der Waals surface area (Å²) in [6, 6.07) is 0. The van der Waals surface area contributed by atoms with Gasteiger partial charge in [-0.25, -0.2) is 0 Å². The van der Waals surface area contributed by atoms with Gasteiger partial charge in [0.2, 0.25) is 5.91 Å². The second kappa shape index (κ2) is 8.88. The quantitative estimate of drug-likeness (QED) is 0.719. The van der Waals surface area contributed by atoms with Gasteiger partial charge in [-0.15, -0.1) is 5.10 Å². The van der Waals surface area contributed by atoms with Crippen LogP contribution in [0.2, 0.25) is 0 Å². The standard InChI is InChI=1S/C16H30N4O2/c1-6-22-16(4,5)9-10-20-12-14(18-19-20)7-8-15(21)17-11-13(2)3/h12-13H,6-11H2,1-5H3,(H,17,21). The molecule has 1 heterocycles. The molecule has 0 unspecified atom stereocenters. The molecule has 0 radical (unpaired) electrons. The van der Waals surface area contributed by atoms with Crippen molar-refractivity contribution < 1.29 is 9.53 Å². The van der Waals surface area contributed by atoms with E-state index < -0.39 is 0 Å². The first kappa shape index (κ1) is 18.6. The molecule has 0 aromatic carbocycles. The summed E-state index contributed by atoms with van der Waals surface area (Å²) >= 11 is 0. The van der Waals surface area contributed by atoms with Gasteiger partial charge >= 0.3 is 0 Å². The highest BCUT2D eigenvalue weighted by Crippen LogP contribution is 2.15. The Bertz CT molecular complexity index is 455. The first-order valence-electron chi connectivity index (χ1n) is 8.12. The number of ether oxygens (including phenoxy) is 1. The lowest BCUT2D eigenvalue weighted by molar-refractivity contribution is -0.121. The Morgan fingerprint density at radius 3 is 2.82 bits per heavy atom. The Labute approximate surface area is 133 Å². The number of amides is 1. The Balaban J connectivity index is 2.34. The first-order chi connectivity index (χ1) is 10.3. The average molecular weight is 310 g/mol. The summed E-state index contributed by atoms with van der Waals surface area (Å²) in [5, 5.41) is 11.1. The minimum Gasteiger partial charge on any atom is -0.376 e. The molecule has 6 nitrogen and oxygen atoms in total. The minimum atomic E-state index is -0.155. The number of hydrogen-bond donors (Lipinski definition) is 1. The van der Waals surface area contributed by atoms with Crippen molar-refractivity contribution in [1.82, 2.24) is 20.3 Å². The maximum absolute atomic E-state index is 11.7. The predicted molar refractivity (Wildman–Crippen MR) is 86.5 cm³/mol. The van der Waals surface area contributed by atoms with Crippen molar-refractivity contribution in [3.8, 4) is 0 Å². The Morgan fingerprint density at radius 2 is 2.18 bits per heavy atom. The normalized spacial score (nSPS) is 11.9. The number of carbonyl (C=O) groups excluding carboxylic acids is 1. The molecule has 0 bridgehead atoms. The lowest BCUT2D eigenvalue weighted by Gasteiger charge is -2.24. The van der Waals surface area contributed by atoms with E-state index in [1.807, 2.05) is 17.8 Å². The summed E-state index contributed by atoms with van der Waals surface area (Å²) in [6.07, 6.45) is 3.87. The van der Waals surface area contributed by atoms with Crippen LogP contribution in [0.15, 0.2) is 6.20 Å². The summed E-state index contributed by atoms with van der Waals surface area (Å²) in [5.41, 5.74) is 0.700. The van der Waals surface area contributed by atoms with Crippen LogP contribution < -0.4 is 5.32 Å². The molecule has 22 heavy (non-hydrogen) atoms. The Hall–Kier alpha value is -1.43. The van der Waals surface area contributed by atoms with Crippen LogP contribution in [0, 0.1) is 5.92 Å². The Kier molecular flexibility index (Phi) is 7.51. The lowest BCUT2D eigenvalue weighted by atomic mass is 10.1. The third-order valence-corrected chi connectivity index (χ3v) is 3.38. The third-order valence-electron chi connectivity index (χ3n) is 3.38. The second-order valence-corrected chi connectivity index (χ2v) is 6.61. The molecule has 0 atom stereocenters. The number of nitrogens with one attached hydrogen (secondary N) is 1. The number of aryl methyl sites for hydroxylation is 2. The van der Waals surface area contributed by atoms with Gasteiger partial charge in [0.1, 0.15) is 0 Å². The summed E-state index contributed by atoms with van der Waals surface area (Å²) < 4.78 is 7.49. The molecule has 0 spiro atoms. The van der Waals surface area contributed by atoms with E-state index in [0.29, 0.717) is 25.4 Å². The van der Waals surface area contributed by atoms with Crippen LogP contribution in [0.1, 0.15) is 53.2 Å². The summed E-state index contributed by atoms with van der Waals surface area (Å²) in [4.78, 5) is 11.7. The molecule has 0 saturated heterocycles. The number of carbonyl (C=O) groups is 1. The summed E-state index contributed by atoms with van der Waals surface area (Å²) in [5.74, 6) is 0.541. The van der Waals surface area contributed by atoms with Gasteiger partial charge in [-0.1, -0.05) is 19.1 Å². The van der Waals surface area contributed by atoms with Crippen LogP contribution in [-0.2, 0) is 22.5 Å². The topological polar surface area (TPSA) is 69.0 Å². The number of aromatic nitrogens is 3. The molecule has 0 fully saturated rings. The van der Waals surface area contributed by atoms with E-state index in [-0.39, 0.29) is 11.5 Å². The molecule has 0 aliphatic heterocycles. The van der Waals surface area contributed by atoms with Gasteiger partial charge in [0.15, 0.2) is 0 Å². The van der Waals surface area contributed by atoms with Gasteiger partial charge in [-0.05, 0) is 33.1 Å². The fourth-order valence-corrected chi connectivity index (χ4v) is 2.06. The van der Waals surface area contributed by atoms with Crippen LogP contribution in [0.25, 0.3) is 0 Å².